The molecule has 2 aliphatic heterocycles. The van der Waals surface area contributed by atoms with E-state index in [1.807, 2.05) is 13.8 Å². The molecular formula is C14H17N3O4. The summed E-state index contributed by atoms with van der Waals surface area (Å²) in [7, 11) is 0. The highest BCUT2D eigenvalue weighted by atomic mass is 16.6. The van der Waals surface area contributed by atoms with Gasteiger partial charge in [0.2, 0.25) is 5.78 Å². The van der Waals surface area contributed by atoms with Crippen molar-refractivity contribution in [3.8, 4) is 0 Å². The van der Waals surface area contributed by atoms with Crippen LogP contribution in [0.15, 0.2) is 33.5 Å². The quantitative estimate of drug-likeness (QED) is 0.543. The van der Waals surface area contributed by atoms with Gasteiger partial charge in [-0.1, -0.05) is 0 Å². The zero-order valence-electron chi connectivity index (χ0n) is 12.4. The third-order valence-electron chi connectivity index (χ3n) is 2.75. The van der Waals surface area contributed by atoms with E-state index in [0.717, 1.165) is 11.4 Å². The fourth-order valence-electron chi connectivity index (χ4n) is 2.03. The molecule has 2 heterocycles. The van der Waals surface area contributed by atoms with Gasteiger partial charge in [0.15, 0.2) is 5.78 Å². The van der Waals surface area contributed by atoms with E-state index in [1.165, 1.54) is 13.0 Å². The minimum absolute atomic E-state index is 0.167. The van der Waals surface area contributed by atoms with Crippen molar-refractivity contribution in [2.75, 3.05) is 0 Å². The molecule has 0 fully saturated rings. The molecule has 0 amide bonds. The number of nitrogens with zero attached hydrogens (tertiary/aromatic N) is 3. The van der Waals surface area contributed by atoms with Crippen LogP contribution in [0.3, 0.4) is 0 Å². The molecule has 0 N–H and O–H groups in total. The molecule has 0 saturated carbocycles. The highest BCUT2D eigenvalue weighted by Crippen LogP contribution is 2.10. The summed E-state index contributed by atoms with van der Waals surface area (Å²) in [4.78, 5) is 39.5. The lowest BCUT2D eigenvalue weighted by molar-refractivity contribution is -0.488. The first-order valence-corrected chi connectivity index (χ1v) is 6.37. The molecule has 21 heavy (non-hydrogen) atoms. The highest BCUT2D eigenvalue weighted by Gasteiger charge is 2.33. The summed E-state index contributed by atoms with van der Waals surface area (Å²) in [6, 6.07) is -1.27. The molecule has 0 aromatic rings. The Hall–Kier alpha value is -2.44. The summed E-state index contributed by atoms with van der Waals surface area (Å²) in [5.41, 5.74) is 2.52. The van der Waals surface area contributed by atoms with Gasteiger partial charge < -0.3 is 0 Å². The van der Waals surface area contributed by atoms with Crippen molar-refractivity contribution >= 4 is 23.0 Å². The Morgan fingerprint density at radius 1 is 1.10 bits per heavy atom. The van der Waals surface area contributed by atoms with Crippen LogP contribution in [0.5, 0.6) is 0 Å². The van der Waals surface area contributed by atoms with Crippen LogP contribution in [-0.2, 0) is 9.59 Å². The van der Waals surface area contributed by atoms with Crippen LogP contribution in [0.25, 0.3) is 0 Å². The smallest absolute Gasteiger partial charge is 0.294 e. The first-order valence-electron chi connectivity index (χ1n) is 6.37. The second-order valence-corrected chi connectivity index (χ2v) is 4.91. The van der Waals surface area contributed by atoms with Crippen LogP contribution >= 0.6 is 0 Å². The van der Waals surface area contributed by atoms with Crippen molar-refractivity contribution in [1.29, 1.82) is 0 Å². The number of aliphatic imine (C=N–C) groups is 2. The van der Waals surface area contributed by atoms with E-state index in [1.54, 1.807) is 13.0 Å². The Morgan fingerprint density at radius 3 is 2.10 bits per heavy atom. The number of allylic oxidation sites excluding steroid dienone is 3. The van der Waals surface area contributed by atoms with Crippen molar-refractivity contribution in [3.05, 3.63) is 33.7 Å². The van der Waals surface area contributed by atoms with Gasteiger partial charge >= 0.3 is 6.04 Å². The largest absolute Gasteiger partial charge is 0.311 e. The maximum absolute atomic E-state index is 11.1. The number of nitro groups is 1. The molecule has 112 valence electrons. The molecule has 0 radical (unpaired) electrons. The fourth-order valence-corrected chi connectivity index (χ4v) is 2.03. The average Bonchev–Trinajstić information content (AvgIpc) is 2.24. The predicted octanol–water partition coefficient (Wildman–Crippen LogP) is 1.90. The summed E-state index contributed by atoms with van der Waals surface area (Å²) >= 11 is 0. The van der Waals surface area contributed by atoms with Crippen LogP contribution < -0.4 is 0 Å². The minimum Gasteiger partial charge on any atom is -0.294 e. The topological polar surface area (TPSA) is 102 Å². The van der Waals surface area contributed by atoms with E-state index in [-0.39, 0.29) is 11.5 Å². The summed E-state index contributed by atoms with van der Waals surface area (Å²) in [5.74, 6) is -0.329. The minimum atomic E-state index is -1.27. The Labute approximate surface area is 122 Å². The van der Waals surface area contributed by atoms with Crippen LogP contribution in [0, 0.1) is 10.1 Å². The number of carbonyl (C=O) groups excluding carboxylic acids is 2. The molecule has 0 aromatic carbocycles. The summed E-state index contributed by atoms with van der Waals surface area (Å²) in [6.07, 6.45) is 3.27. The van der Waals surface area contributed by atoms with Crippen LogP contribution in [0.1, 0.15) is 34.1 Å². The van der Waals surface area contributed by atoms with Gasteiger partial charge in [-0.15, -0.1) is 0 Å². The molecule has 1 unspecified atom stereocenters. The fraction of sp³-hybridized carbons (Fsp3) is 0.429. The first kappa shape index (κ1) is 16.6. The summed E-state index contributed by atoms with van der Waals surface area (Å²) in [6.45, 7) is 6.83. The number of carbonyl (C=O) groups is 2. The standard InChI is InChI=1S/C7H8N2O3.C7H9NO/c1-4-3-6(10)7(9(11)12)5(2)8-4;1-5-3-7(9)4-6(2)8-5/h3,7H,1-2H3;3H,4H2,1-2H3. The van der Waals surface area contributed by atoms with Crippen molar-refractivity contribution in [2.45, 2.75) is 40.2 Å². The molecule has 0 aromatic heterocycles. The van der Waals surface area contributed by atoms with Gasteiger partial charge in [0.1, 0.15) is 0 Å². The Morgan fingerprint density at radius 2 is 1.67 bits per heavy atom. The molecule has 0 saturated heterocycles. The molecule has 2 rings (SSSR count). The summed E-state index contributed by atoms with van der Waals surface area (Å²) in [5, 5.41) is 10.4. The van der Waals surface area contributed by atoms with Gasteiger partial charge in [-0.05, 0) is 27.7 Å². The van der Waals surface area contributed by atoms with E-state index >= 15 is 0 Å². The normalized spacial score (nSPS) is 21.4. The molecule has 1 atom stereocenters. The van der Waals surface area contributed by atoms with E-state index < -0.39 is 16.7 Å². The molecular weight excluding hydrogens is 274 g/mol. The lowest BCUT2D eigenvalue weighted by Crippen LogP contribution is -2.37. The van der Waals surface area contributed by atoms with Gasteiger partial charge in [-0.3, -0.25) is 29.7 Å². The molecule has 0 spiro atoms. The number of hydrogen-bond acceptors (Lipinski definition) is 6. The van der Waals surface area contributed by atoms with Crippen LogP contribution in [0.4, 0.5) is 0 Å². The molecule has 0 bridgehead atoms. The highest BCUT2D eigenvalue weighted by molar-refractivity contribution is 6.13. The van der Waals surface area contributed by atoms with Crippen molar-refractivity contribution in [3.63, 3.8) is 0 Å². The van der Waals surface area contributed by atoms with Gasteiger partial charge in [0.05, 0.1) is 5.71 Å². The van der Waals surface area contributed by atoms with Gasteiger partial charge in [-0.25, -0.2) is 0 Å². The Kier molecular flexibility index (Phi) is 5.40. The first-order chi connectivity index (χ1) is 9.70. The van der Waals surface area contributed by atoms with E-state index in [9.17, 15) is 19.7 Å². The van der Waals surface area contributed by atoms with E-state index in [4.69, 9.17) is 0 Å². The molecule has 7 nitrogen and oxygen atoms in total. The van der Waals surface area contributed by atoms with Gasteiger partial charge in [0.25, 0.3) is 0 Å². The SMILES string of the molecule is CC1=CC(=O)C([N+](=O)[O-])C(C)=N1.CC1=CC(=O)CC(C)=N1. The van der Waals surface area contributed by atoms with Gasteiger partial charge in [0, 0.05) is 40.6 Å². The lowest BCUT2D eigenvalue weighted by Gasteiger charge is -2.10. The number of rotatable bonds is 1. The molecule has 2 aliphatic rings. The monoisotopic (exact) mass is 291 g/mol. The van der Waals surface area contributed by atoms with Crippen LogP contribution in [0.2, 0.25) is 0 Å². The van der Waals surface area contributed by atoms with Crippen molar-refractivity contribution in [2.24, 2.45) is 9.98 Å². The zero-order chi connectivity index (χ0) is 16.2. The third kappa shape index (κ3) is 4.87. The maximum atomic E-state index is 11.1. The van der Waals surface area contributed by atoms with E-state index in [2.05, 4.69) is 9.98 Å². The van der Waals surface area contributed by atoms with Crippen molar-refractivity contribution in [1.82, 2.24) is 0 Å². The predicted molar refractivity (Wildman–Crippen MR) is 79.1 cm³/mol. The second-order valence-electron chi connectivity index (χ2n) is 4.91. The van der Waals surface area contributed by atoms with E-state index in [0.29, 0.717) is 12.1 Å². The van der Waals surface area contributed by atoms with Crippen LogP contribution in [-0.4, -0.2) is 34.0 Å². The van der Waals surface area contributed by atoms with Gasteiger partial charge in [-0.2, -0.15) is 0 Å². The second kappa shape index (κ2) is 6.83. The lowest BCUT2D eigenvalue weighted by atomic mass is 10.1. The third-order valence-corrected chi connectivity index (χ3v) is 2.75. The Bertz CT molecular complexity index is 612. The summed E-state index contributed by atoms with van der Waals surface area (Å²) < 4.78 is 0. The van der Waals surface area contributed by atoms with Crippen molar-refractivity contribution < 1.29 is 14.5 Å². The zero-order valence-corrected chi connectivity index (χ0v) is 12.4. The maximum Gasteiger partial charge on any atom is 0.311 e. The molecule has 0 aliphatic carbocycles. The number of hydrogen-bond donors (Lipinski definition) is 0. The molecule has 7 heteroatoms. The number of ketones is 2. The Balaban J connectivity index is 0.000000219. The average molecular weight is 291 g/mol.